The highest BCUT2D eigenvalue weighted by atomic mass is 32.2. The Kier molecular flexibility index (Phi) is 10.7. The van der Waals surface area contributed by atoms with Crippen molar-refractivity contribution in [1.29, 1.82) is 0 Å². The van der Waals surface area contributed by atoms with Crippen molar-refractivity contribution >= 4 is 23.6 Å². The summed E-state index contributed by atoms with van der Waals surface area (Å²) in [5, 5.41) is 3.14. The molecule has 0 aromatic heterocycles. The summed E-state index contributed by atoms with van der Waals surface area (Å²) in [6.07, 6.45) is 4.15. The fourth-order valence-electron chi connectivity index (χ4n) is 3.74. The Morgan fingerprint density at radius 3 is 2.29 bits per heavy atom. The maximum absolute atomic E-state index is 12.6. The van der Waals surface area contributed by atoms with E-state index in [1.165, 1.54) is 23.8 Å². The Balaban J connectivity index is 1.51. The standard InChI is InChI=1S/C29H33NO3S/c1-33-29(32)20-19-26(30-28(31)18-9-8-13-23-11-4-2-5-12-23)22-34-27-17-10-16-25(21-27)24-14-6-3-7-15-24/h2-7,10-12,14-17,21,26H,8-9,13,18-20,22H2,1H3,(H,30,31)/t26-/m0/s1. The SMILES string of the molecule is COC(=O)CC[C@@H](CSc1cccc(-c2ccccc2)c1)NC(=O)CCCCc1ccccc1. The molecule has 0 saturated carbocycles. The second kappa shape index (κ2) is 14.3. The highest BCUT2D eigenvalue weighted by Gasteiger charge is 2.15. The van der Waals surface area contributed by atoms with Crippen LogP contribution in [0.15, 0.2) is 89.8 Å². The Labute approximate surface area is 207 Å². The molecule has 0 radical (unpaired) electrons. The van der Waals surface area contributed by atoms with Crippen LogP contribution in [0.1, 0.15) is 37.7 Å². The topological polar surface area (TPSA) is 55.4 Å². The van der Waals surface area contributed by atoms with E-state index in [9.17, 15) is 9.59 Å². The van der Waals surface area contributed by atoms with Crippen molar-refractivity contribution in [3.05, 3.63) is 90.5 Å². The zero-order valence-corrected chi connectivity index (χ0v) is 20.6. The minimum absolute atomic E-state index is 0.0431. The quantitative estimate of drug-likeness (QED) is 0.179. The number of aryl methyl sites for hydroxylation is 1. The molecule has 0 heterocycles. The molecule has 3 aromatic carbocycles. The summed E-state index contributed by atoms with van der Waals surface area (Å²) >= 11 is 1.70. The maximum Gasteiger partial charge on any atom is 0.305 e. The smallest absolute Gasteiger partial charge is 0.305 e. The van der Waals surface area contributed by atoms with Crippen LogP contribution >= 0.6 is 11.8 Å². The van der Waals surface area contributed by atoms with Gasteiger partial charge in [-0.2, -0.15) is 0 Å². The molecular formula is C29H33NO3S. The first-order valence-electron chi connectivity index (χ1n) is 11.8. The van der Waals surface area contributed by atoms with Gasteiger partial charge in [-0.25, -0.2) is 0 Å². The summed E-state index contributed by atoms with van der Waals surface area (Å²) < 4.78 is 4.80. The average molecular weight is 476 g/mol. The van der Waals surface area contributed by atoms with Crippen molar-refractivity contribution < 1.29 is 14.3 Å². The highest BCUT2D eigenvalue weighted by molar-refractivity contribution is 7.99. The van der Waals surface area contributed by atoms with Crippen molar-refractivity contribution in [3.8, 4) is 11.1 Å². The lowest BCUT2D eigenvalue weighted by molar-refractivity contribution is -0.141. The first-order chi connectivity index (χ1) is 16.6. The van der Waals surface area contributed by atoms with E-state index in [2.05, 4.69) is 53.8 Å². The van der Waals surface area contributed by atoms with Crippen LogP contribution in [0, 0.1) is 0 Å². The molecule has 0 fully saturated rings. The van der Waals surface area contributed by atoms with E-state index in [0.29, 0.717) is 25.0 Å². The number of hydrogen-bond acceptors (Lipinski definition) is 4. The first kappa shape index (κ1) is 25.6. The molecule has 34 heavy (non-hydrogen) atoms. The van der Waals surface area contributed by atoms with Crippen LogP contribution in [0.2, 0.25) is 0 Å². The predicted octanol–water partition coefficient (Wildman–Crippen LogP) is 6.30. The van der Waals surface area contributed by atoms with Gasteiger partial charge in [0.05, 0.1) is 7.11 Å². The molecule has 178 valence electrons. The van der Waals surface area contributed by atoms with Crippen LogP contribution < -0.4 is 5.32 Å². The lowest BCUT2D eigenvalue weighted by atomic mass is 10.1. The Morgan fingerprint density at radius 2 is 1.56 bits per heavy atom. The van der Waals surface area contributed by atoms with Crippen molar-refractivity contribution in [3.63, 3.8) is 0 Å². The molecule has 0 aliphatic rings. The van der Waals surface area contributed by atoms with E-state index >= 15 is 0 Å². The van der Waals surface area contributed by atoms with Crippen LogP contribution in [-0.2, 0) is 20.7 Å². The van der Waals surface area contributed by atoms with Crippen LogP contribution in [0.3, 0.4) is 0 Å². The fraction of sp³-hybridized carbons (Fsp3) is 0.310. The monoisotopic (exact) mass is 475 g/mol. The van der Waals surface area contributed by atoms with Gasteiger partial charge >= 0.3 is 5.97 Å². The molecule has 0 unspecified atom stereocenters. The number of nitrogens with one attached hydrogen (secondary N) is 1. The molecule has 5 heteroatoms. The largest absolute Gasteiger partial charge is 0.469 e. The molecular weight excluding hydrogens is 442 g/mol. The molecule has 4 nitrogen and oxygen atoms in total. The molecule has 0 bridgehead atoms. The fourth-order valence-corrected chi connectivity index (χ4v) is 4.77. The lowest BCUT2D eigenvalue weighted by Gasteiger charge is -2.18. The van der Waals surface area contributed by atoms with Crippen molar-refractivity contribution in [2.45, 2.75) is 49.5 Å². The number of rotatable bonds is 13. The maximum atomic E-state index is 12.6. The van der Waals surface area contributed by atoms with E-state index in [4.69, 9.17) is 4.74 Å². The van der Waals surface area contributed by atoms with Gasteiger partial charge in [-0.05, 0) is 54.5 Å². The number of benzene rings is 3. The van der Waals surface area contributed by atoms with E-state index in [0.717, 1.165) is 24.2 Å². The molecule has 0 spiro atoms. The van der Waals surface area contributed by atoms with Gasteiger partial charge in [-0.15, -0.1) is 11.8 Å². The predicted molar refractivity (Wildman–Crippen MR) is 140 cm³/mol. The summed E-state index contributed by atoms with van der Waals surface area (Å²) in [5.74, 6) is 0.491. The zero-order chi connectivity index (χ0) is 24.0. The molecule has 1 atom stereocenters. The summed E-state index contributed by atoms with van der Waals surface area (Å²) in [5.41, 5.74) is 3.64. The third-order valence-corrected chi connectivity index (χ3v) is 6.80. The third-order valence-electron chi connectivity index (χ3n) is 5.64. The van der Waals surface area contributed by atoms with Crippen LogP contribution in [0.5, 0.6) is 0 Å². The van der Waals surface area contributed by atoms with Gasteiger partial charge < -0.3 is 10.1 Å². The van der Waals surface area contributed by atoms with Crippen LogP contribution in [0.25, 0.3) is 11.1 Å². The van der Waals surface area contributed by atoms with Gasteiger partial charge in [0.25, 0.3) is 0 Å². The number of methoxy groups -OCH3 is 1. The molecule has 3 aromatic rings. The number of amides is 1. The minimum atomic E-state index is -0.252. The average Bonchev–Trinajstić information content (AvgIpc) is 2.89. The molecule has 0 aliphatic heterocycles. The number of thioether (sulfide) groups is 1. The molecule has 1 amide bonds. The van der Waals surface area contributed by atoms with Crippen molar-refractivity contribution in [2.24, 2.45) is 0 Å². The molecule has 0 saturated heterocycles. The van der Waals surface area contributed by atoms with Gasteiger partial charge in [-0.3, -0.25) is 9.59 Å². The number of unbranched alkanes of at least 4 members (excludes halogenated alkanes) is 1. The normalized spacial score (nSPS) is 11.6. The lowest BCUT2D eigenvalue weighted by Crippen LogP contribution is -2.37. The summed E-state index contributed by atoms with van der Waals surface area (Å²) in [6.45, 7) is 0. The highest BCUT2D eigenvalue weighted by Crippen LogP contribution is 2.26. The summed E-state index contributed by atoms with van der Waals surface area (Å²) in [4.78, 5) is 25.4. The Hall–Kier alpha value is -3.05. The number of carbonyl (C=O) groups excluding carboxylic acids is 2. The van der Waals surface area contributed by atoms with Gasteiger partial charge in [0, 0.05) is 29.5 Å². The minimum Gasteiger partial charge on any atom is -0.469 e. The Bertz CT molecular complexity index is 1020. The van der Waals surface area contributed by atoms with Gasteiger partial charge in [0.15, 0.2) is 0 Å². The second-order valence-electron chi connectivity index (χ2n) is 8.28. The zero-order valence-electron chi connectivity index (χ0n) is 19.7. The van der Waals surface area contributed by atoms with Crippen LogP contribution in [0.4, 0.5) is 0 Å². The number of esters is 1. The van der Waals surface area contributed by atoms with Crippen molar-refractivity contribution in [1.82, 2.24) is 5.32 Å². The third kappa shape index (κ3) is 9.06. The van der Waals surface area contributed by atoms with Crippen molar-refractivity contribution in [2.75, 3.05) is 12.9 Å². The van der Waals surface area contributed by atoms with E-state index < -0.39 is 0 Å². The number of ether oxygens (including phenoxy) is 1. The first-order valence-corrected chi connectivity index (χ1v) is 12.8. The molecule has 1 N–H and O–H groups in total. The summed E-state index contributed by atoms with van der Waals surface area (Å²) in [6, 6.07) is 28.9. The Morgan fingerprint density at radius 1 is 0.853 bits per heavy atom. The number of carbonyl (C=O) groups is 2. The van der Waals surface area contributed by atoms with Gasteiger partial charge in [0.1, 0.15) is 0 Å². The number of hydrogen-bond donors (Lipinski definition) is 1. The molecule has 0 aliphatic carbocycles. The van der Waals surface area contributed by atoms with Gasteiger partial charge in [-0.1, -0.05) is 72.8 Å². The van der Waals surface area contributed by atoms with E-state index in [1.54, 1.807) is 11.8 Å². The van der Waals surface area contributed by atoms with E-state index in [-0.39, 0.29) is 17.9 Å². The van der Waals surface area contributed by atoms with Gasteiger partial charge in [0.2, 0.25) is 5.91 Å². The molecule has 3 rings (SSSR count). The van der Waals surface area contributed by atoms with Crippen LogP contribution in [-0.4, -0.2) is 30.8 Å². The van der Waals surface area contributed by atoms with E-state index in [1.807, 2.05) is 36.4 Å². The second-order valence-corrected chi connectivity index (χ2v) is 9.37. The summed E-state index contributed by atoms with van der Waals surface area (Å²) in [7, 11) is 1.40.